The summed E-state index contributed by atoms with van der Waals surface area (Å²) >= 11 is 0. The van der Waals surface area contributed by atoms with Crippen LogP contribution in [0.3, 0.4) is 0 Å². The Hall–Kier alpha value is -2.76. The maximum absolute atomic E-state index is 8.84. The van der Waals surface area contributed by atoms with Crippen LogP contribution in [0, 0.1) is 23.2 Å². The first-order valence-corrected chi connectivity index (χ1v) is 5.73. The number of nitrogens with two attached hydrogens (primary N) is 1. The lowest BCUT2D eigenvalue weighted by Gasteiger charge is -2.03. The van der Waals surface area contributed by atoms with Gasteiger partial charge in [-0.2, -0.15) is 10.4 Å². The lowest BCUT2D eigenvalue weighted by Crippen LogP contribution is -2.04. The lowest BCUT2D eigenvalue weighted by molar-refractivity contribution is 0.891. The fourth-order valence-corrected chi connectivity index (χ4v) is 1.57. The Morgan fingerprint density at radius 2 is 2.11 bits per heavy atom. The Bertz CT molecular complexity index is 665. The molecule has 1 aromatic heterocycles. The zero-order valence-corrected chi connectivity index (χ0v) is 10.5. The van der Waals surface area contributed by atoms with Gasteiger partial charge in [-0.1, -0.05) is 11.8 Å². The minimum Gasteiger partial charge on any atom is -0.382 e. The molecule has 0 saturated heterocycles. The van der Waals surface area contributed by atoms with Gasteiger partial charge in [-0.3, -0.25) is 0 Å². The molecule has 3 N–H and O–H groups in total. The van der Waals surface area contributed by atoms with Crippen LogP contribution in [0.2, 0.25) is 0 Å². The summed E-state index contributed by atoms with van der Waals surface area (Å²) in [5, 5.41) is 15.9. The van der Waals surface area contributed by atoms with E-state index in [9.17, 15) is 0 Å². The van der Waals surface area contributed by atoms with Crippen molar-refractivity contribution < 1.29 is 0 Å². The second kappa shape index (κ2) is 5.72. The van der Waals surface area contributed by atoms with Gasteiger partial charge < -0.3 is 11.1 Å². The molecule has 0 spiro atoms. The number of anilines is 1. The maximum atomic E-state index is 8.84. The van der Waals surface area contributed by atoms with Crippen molar-refractivity contribution in [3.05, 3.63) is 41.6 Å². The molecule has 0 bridgehead atoms. The number of aromatic nitrogens is 2. The van der Waals surface area contributed by atoms with E-state index in [1.165, 1.54) is 10.9 Å². The highest BCUT2D eigenvalue weighted by molar-refractivity contribution is 5.53. The normalized spacial score (nSPS) is 9.47. The van der Waals surface area contributed by atoms with E-state index in [1.54, 1.807) is 0 Å². The number of nitrogens with zero attached hydrogens (tertiary/aromatic N) is 3. The Morgan fingerprint density at radius 1 is 1.37 bits per heavy atom. The Balaban J connectivity index is 2.26. The summed E-state index contributed by atoms with van der Waals surface area (Å²) in [5.74, 6) is 6.36. The molecule has 1 heterocycles. The number of nitrogens with one attached hydrogen (secondary N) is 1. The van der Waals surface area contributed by atoms with Gasteiger partial charge in [0.25, 0.3) is 0 Å². The molecule has 2 rings (SSSR count). The zero-order valence-electron chi connectivity index (χ0n) is 10.5. The van der Waals surface area contributed by atoms with Gasteiger partial charge in [0.1, 0.15) is 17.5 Å². The molecular weight excluding hydrogens is 238 g/mol. The van der Waals surface area contributed by atoms with Gasteiger partial charge in [0.15, 0.2) is 0 Å². The van der Waals surface area contributed by atoms with Crippen LogP contribution in [0.15, 0.2) is 30.5 Å². The van der Waals surface area contributed by atoms with Crippen molar-refractivity contribution in [3.63, 3.8) is 0 Å². The molecule has 0 radical (unpaired) electrons. The number of hydrogen-bond donors (Lipinski definition) is 2. The lowest BCUT2D eigenvalue weighted by atomic mass is 10.2. The standard InChI is InChI=1S/C14H13N5/c1-17-8-2-3-11-4-6-13(7-5-11)19-14(16)12(9-15)10-18-19/h4-7,10,17H,8,16H2,1H3. The van der Waals surface area contributed by atoms with Crippen molar-refractivity contribution in [1.82, 2.24) is 15.1 Å². The second-order valence-corrected chi connectivity index (χ2v) is 3.85. The van der Waals surface area contributed by atoms with Gasteiger partial charge in [-0.05, 0) is 31.3 Å². The van der Waals surface area contributed by atoms with Crippen LogP contribution in [0.25, 0.3) is 5.69 Å². The summed E-state index contributed by atoms with van der Waals surface area (Å²) in [6, 6.07) is 9.52. The molecule has 19 heavy (non-hydrogen) atoms. The summed E-state index contributed by atoms with van der Waals surface area (Å²) in [7, 11) is 1.85. The quantitative estimate of drug-likeness (QED) is 0.777. The molecular formula is C14H13N5. The van der Waals surface area contributed by atoms with Crippen LogP contribution >= 0.6 is 0 Å². The summed E-state index contributed by atoms with van der Waals surface area (Å²) in [6.45, 7) is 0.652. The van der Waals surface area contributed by atoms with Gasteiger partial charge in [0.2, 0.25) is 0 Å². The monoisotopic (exact) mass is 251 g/mol. The molecule has 0 aliphatic carbocycles. The smallest absolute Gasteiger partial charge is 0.145 e. The minimum atomic E-state index is 0.344. The van der Waals surface area contributed by atoms with E-state index in [2.05, 4.69) is 22.3 Å². The van der Waals surface area contributed by atoms with Crippen LogP contribution in [0.1, 0.15) is 11.1 Å². The van der Waals surface area contributed by atoms with Crippen molar-refractivity contribution >= 4 is 5.82 Å². The van der Waals surface area contributed by atoms with Crippen LogP contribution < -0.4 is 11.1 Å². The number of rotatable bonds is 2. The summed E-state index contributed by atoms with van der Waals surface area (Å²) < 4.78 is 1.53. The van der Waals surface area contributed by atoms with Gasteiger partial charge in [0.05, 0.1) is 18.4 Å². The summed E-state index contributed by atoms with van der Waals surface area (Å²) in [6.07, 6.45) is 1.45. The average Bonchev–Trinajstić information content (AvgIpc) is 2.81. The number of nitriles is 1. The first kappa shape index (κ1) is 12.7. The summed E-state index contributed by atoms with van der Waals surface area (Å²) in [4.78, 5) is 0. The van der Waals surface area contributed by atoms with Crippen LogP contribution in [-0.4, -0.2) is 23.4 Å². The molecule has 0 aliphatic heterocycles. The van der Waals surface area contributed by atoms with E-state index in [0.29, 0.717) is 17.9 Å². The number of nitrogen functional groups attached to an aromatic ring is 1. The Kier molecular flexibility index (Phi) is 3.82. The third-order valence-corrected chi connectivity index (χ3v) is 2.54. The Labute approximate surface area is 111 Å². The van der Waals surface area contributed by atoms with Crippen molar-refractivity contribution in [1.29, 1.82) is 5.26 Å². The largest absolute Gasteiger partial charge is 0.382 e. The van der Waals surface area contributed by atoms with Gasteiger partial charge in [0, 0.05) is 5.56 Å². The highest BCUT2D eigenvalue weighted by atomic mass is 15.3. The fourth-order valence-electron chi connectivity index (χ4n) is 1.57. The van der Waals surface area contributed by atoms with E-state index in [4.69, 9.17) is 11.0 Å². The highest BCUT2D eigenvalue weighted by Crippen LogP contribution is 2.16. The molecule has 5 heteroatoms. The molecule has 94 valence electrons. The molecule has 2 aromatic rings. The van der Waals surface area contributed by atoms with E-state index < -0.39 is 0 Å². The number of benzene rings is 1. The molecule has 0 amide bonds. The number of hydrogen-bond acceptors (Lipinski definition) is 4. The zero-order chi connectivity index (χ0) is 13.7. The van der Waals surface area contributed by atoms with Gasteiger partial charge in [-0.15, -0.1) is 0 Å². The molecule has 0 unspecified atom stereocenters. The minimum absolute atomic E-state index is 0.344. The van der Waals surface area contributed by atoms with Crippen molar-refractivity contribution in [2.75, 3.05) is 19.3 Å². The predicted molar refractivity (Wildman–Crippen MR) is 73.5 cm³/mol. The molecule has 0 atom stereocenters. The first-order chi connectivity index (χ1) is 9.26. The van der Waals surface area contributed by atoms with E-state index in [1.807, 2.05) is 37.4 Å². The van der Waals surface area contributed by atoms with Gasteiger partial charge in [-0.25, -0.2) is 4.68 Å². The maximum Gasteiger partial charge on any atom is 0.145 e. The third-order valence-electron chi connectivity index (χ3n) is 2.54. The topological polar surface area (TPSA) is 79.7 Å². The molecule has 5 nitrogen and oxygen atoms in total. The molecule has 0 saturated carbocycles. The third kappa shape index (κ3) is 2.74. The highest BCUT2D eigenvalue weighted by Gasteiger charge is 2.07. The fraction of sp³-hybridized carbons (Fsp3) is 0.143. The molecule has 0 aliphatic rings. The van der Waals surface area contributed by atoms with E-state index >= 15 is 0 Å². The van der Waals surface area contributed by atoms with Crippen molar-refractivity contribution in [3.8, 4) is 23.6 Å². The van der Waals surface area contributed by atoms with Crippen LogP contribution in [-0.2, 0) is 0 Å². The predicted octanol–water partition coefficient (Wildman–Crippen LogP) is 0.897. The second-order valence-electron chi connectivity index (χ2n) is 3.85. The van der Waals surface area contributed by atoms with Crippen LogP contribution in [0.4, 0.5) is 5.82 Å². The van der Waals surface area contributed by atoms with Crippen molar-refractivity contribution in [2.45, 2.75) is 0 Å². The SMILES string of the molecule is CNCC#Cc1ccc(-n2ncc(C#N)c2N)cc1. The first-order valence-electron chi connectivity index (χ1n) is 5.73. The van der Waals surface area contributed by atoms with E-state index in [0.717, 1.165) is 11.3 Å². The van der Waals surface area contributed by atoms with E-state index in [-0.39, 0.29) is 0 Å². The average molecular weight is 251 g/mol. The molecule has 0 fully saturated rings. The van der Waals surface area contributed by atoms with Crippen LogP contribution in [0.5, 0.6) is 0 Å². The van der Waals surface area contributed by atoms with Gasteiger partial charge >= 0.3 is 0 Å². The molecule has 1 aromatic carbocycles. The Morgan fingerprint density at radius 3 is 2.68 bits per heavy atom. The summed E-state index contributed by atoms with van der Waals surface area (Å²) in [5.41, 5.74) is 7.92. The van der Waals surface area contributed by atoms with Crippen molar-refractivity contribution in [2.24, 2.45) is 0 Å².